The summed E-state index contributed by atoms with van der Waals surface area (Å²) in [5, 5.41) is 8.63. The van der Waals surface area contributed by atoms with Crippen LogP contribution in [0, 0.1) is 5.92 Å². The van der Waals surface area contributed by atoms with Gasteiger partial charge in [-0.1, -0.05) is 58.3 Å². The van der Waals surface area contributed by atoms with E-state index in [0.717, 1.165) is 44.8 Å². The molecule has 0 saturated carbocycles. The summed E-state index contributed by atoms with van der Waals surface area (Å²) < 4.78 is 11.4. The van der Waals surface area contributed by atoms with Crippen molar-refractivity contribution in [1.29, 1.82) is 0 Å². The minimum atomic E-state index is -0.667. The first-order chi connectivity index (χ1) is 11.7. The highest BCUT2D eigenvalue weighted by atomic mass is 16.7. The molecule has 1 aliphatic rings. The van der Waals surface area contributed by atoms with Gasteiger partial charge in [0.2, 0.25) is 0 Å². The molecule has 4 heteroatoms. The number of hydrogen-bond acceptors (Lipinski definition) is 3. The average Bonchev–Trinajstić information content (AvgIpc) is 2.58. The summed E-state index contributed by atoms with van der Waals surface area (Å²) in [4.78, 5) is 10.5. The van der Waals surface area contributed by atoms with Gasteiger partial charge in [-0.2, -0.15) is 0 Å². The fourth-order valence-corrected chi connectivity index (χ4v) is 3.50. The van der Waals surface area contributed by atoms with E-state index in [2.05, 4.69) is 6.92 Å². The maximum atomic E-state index is 10.5. The maximum absolute atomic E-state index is 10.5. The minimum Gasteiger partial charge on any atom is -0.481 e. The fourth-order valence-electron chi connectivity index (χ4n) is 3.50. The zero-order valence-corrected chi connectivity index (χ0v) is 15.6. The Hall–Kier alpha value is -0.610. The average molecular weight is 343 g/mol. The van der Waals surface area contributed by atoms with E-state index in [4.69, 9.17) is 14.6 Å². The zero-order chi connectivity index (χ0) is 17.5. The number of ether oxygens (including phenoxy) is 2. The molecule has 1 N–H and O–H groups in total. The van der Waals surface area contributed by atoms with Gasteiger partial charge in [-0.15, -0.1) is 0 Å². The van der Waals surface area contributed by atoms with Crippen LogP contribution in [0.25, 0.3) is 0 Å². The van der Waals surface area contributed by atoms with Crippen molar-refractivity contribution in [3.05, 3.63) is 0 Å². The van der Waals surface area contributed by atoms with Gasteiger partial charge in [0.15, 0.2) is 6.29 Å². The highest BCUT2D eigenvalue weighted by Gasteiger charge is 2.13. The summed E-state index contributed by atoms with van der Waals surface area (Å²) in [7, 11) is 0. The highest BCUT2D eigenvalue weighted by Crippen LogP contribution is 2.22. The van der Waals surface area contributed by atoms with E-state index >= 15 is 0 Å². The van der Waals surface area contributed by atoms with E-state index in [1.165, 1.54) is 57.8 Å². The Kier molecular flexibility index (Phi) is 13.1. The summed E-state index contributed by atoms with van der Waals surface area (Å²) in [5.41, 5.74) is 0. The molecule has 0 aliphatic carbocycles. The molecule has 0 aromatic carbocycles. The third-order valence-corrected chi connectivity index (χ3v) is 4.90. The van der Waals surface area contributed by atoms with E-state index in [1.54, 1.807) is 0 Å². The predicted octanol–water partition coefficient (Wildman–Crippen LogP) is 5.54. The number of carboxylic acid groups (broad SMARTS) is 1. The lowest BCUT2D eigenvalue weighted by Gasteiger charge is -2.22. The van der Waals surface area contributed by atoms with E-state index in [9.17, 15) is 4.79 Å². The van der Waals surface area contributed by atoms with Crippen molar-refractivity contribution in [2.75, 3.05) is 13.2 Å². The van der Waals surface area contributed by atoms with E-state index < -0.39 is 5.97 Å². The van der Waals surface area contributed by atoms with Gasteiger partial charge < -0.3 is 14.6 Å². The zero-order valence-electron chi connectivity index (χ0n) is 15.6. The molecule has 1 rings (SSSR count). The van der Waals surface area contributed by atoms with Gasteiger partial charge in [0.05, 0.1) is 0 Å². The van der Waals surface area contributed by atoms with Gasteiger partial charge in [-0.3, -0.25) is 4.79 Å². The molecule has 0 spiro atoms. The number of aliphatic carboxylic acids is 1. The molecule has 0 aromatic heterocycles. The number of rotatable bonds is 15. The van der Waals surface area contributed by atoms with Crippen molar-refractivity contribution in [3.8, 4) is 0 Å². The minimum absolute atomic E-state index is 0.0518. The smallest absolute Gasteiger partial charge is 0.303 e. The Bertz CT molecular complexity index is 300. The van der Waals surface area contributed by atoms with E-state index in [0.29, 0.717) is 6.42 Å². The summed E-state index contributed by atoms with van der Waals surface area (Å²) >= 11 is 0. The lowest BCUT2D eigenvalue weighted by atomic mass is 9.91. The van der Waals surface area contributed by atoms with Crippen LogP contribution in [0.4, 0.5) is 0 Å². The monoisotopic (exact) mass is 342 g/mol. The number of hydrogen-bond donors (Lipinski definition) is 1. The van der Waals surface area contributed by atoms with Crippen LogP contribution in [0.1, 0.15) is 96.8 Å². The molecule has 0 bridgehead atoms. The van der Waals surface area contributed by atoms with E-state index in [-0.39, 0.29) is 6.29 Å². The number of carboxylic acids is 1. The van der Waals surface area contributed by atoms with E-state index in [1.807, 2.05) is 0 Å². The van der Waals surface area contributed by atoms with Crippen LogP contribution < -0.4 is 0 Å². The second-order valence-corrected chi connectivity index (χ2v) is 7.16. The molecule has 24 heavy (non-hydrogen) atoms. The third-order valence-electron chi connectivity index (χ3n) is 4.90. The van der Waals surface area contributed by atoms with Crippen molar-refractivity contribution in [3.63, 3.8) is 0 Å². The second kappa shape index (κ2) is 14.7. The Morgan fingerprint density at radius 2 is 1.83 bits per heavy atom. The summed E-state index contributed by atoms with van der Waals surface area (Å²) in [5.74, 6) is 0.167. The molecule has 0 radical (unpaired) electrons. The molecular weight excluding hydrogens is 304 g/mol. The quantitative estimate of drug-likeness (QED) is 0.397. The summed E-state index contributed by atoms with van der Waals surface area (Å²) in [6.45, 7) is 3.96. The van der Waals surface area contributed by atoms with Crippen LogP contribution in [0.3, 0.4) is 0 Å². The molecule has 0 amide bonds. The highest BCUT2D eigenvalue weighted by molar-refractivity contribution is 5.66. The fraction of sp³-hybridized carbons (Fsp3) is 0.950. The molecule has 1 aliphatic heterocycles. The third kappa shape index (κ3) is 11.9. The van der Waals surface area contributed by atoms with Crippen LogP contribution in [0.2, 0.25) is 0 Å². The standard InChI is InChI=1S/C20H38O4/c1-2-11-18(12-5-3-4-6-14-19(21)22)13-7-9-16-23-20-15-8-10-17-24-20/h18,20H,2-17H2,1H3,(H,21,22). The van der Waals surface area contributed by atoms with Crippen LogP contribution >= 0.6 is 0 Å². The van der Waals surface area contributed by atoms with Crippen LogP contribution in [0.15, 0.2) is 0 Å². The lowest BCUT2D eigenvalue weighted by Crippen LogP contribution is -2.22. The molecule has 4 nitrogen and oxygen atoms in total. The number of unbranched alkanes of at least 4 members (excludes halogenated alkanes) is 4. The molecular formula is C20H38O4. The van der Waals surface area contributed by atoms with Gasteiger partial charge in [-0.25, -0.2) is 0 Å². The Balaban J connectivity index is 1.98. The molecule has 1 heterocycles. The Morgan fingerprint density at radius 3 is 2.50 bits per heavy atom. The van der Waals surface area contributed by atoms with Crippen LogP contribution in [-0.4, -0.2) is 30.6 Å². The van der Waals surface area contributed by atoms with Crippen molar-refractivity contribution < 1.29 is 19.4 Å². The van der Waals surface area contributed by atoms with Gasteiger partial charge in [0.25, 0.3) is 0 Å². The Morgan fingerprint density at radius 1 is 1.08 bits per heavy atom. The van der Waals surface area contributed by atoms with Gasteiger partial charge in [0.1, 0.15) is 0 Å². The Labute approximate surface area is 148 Å². The molecule has 0 aromatic rings. The van der Waals surface area contributed by atoms with Crippen molar-refractivity contribution in [2.45, 2.75) is 103 Å². The first-order valence-corrected chi connectivity index (χ1v) is 10.2. The van der Waals surface area contributed by atoms with Crippen LogP contribution in [0.5, 0.6) is 0 Å². The topological polar surface area (TPSA) is 55.8 Å². The van der Waals surface area contributed by atoms with Crippen LogP contribution in [-0.2, 0) is 14.3 Å². The molecule has 142 valence electrons. The predicted molar refractivity (Wildman–Crippen MR) is 97.1 cm³/mol. The van der Waals surface area contributed by atoms with Crippen molar-refractivity contribution in [2.24, 2.45) is 5.92 Å². The SMILES string of the molecule is CCCC(CCCCCCC(=O)O)CCCCOC1CCCCO1. The lowest BCUT2D eigenvalue weighted by molar-refractivity contribution is -0.162. The molecule has 1 fully saturated rings. The first kappa shape index (κ1) is 21.4. The summed E-state index contributed by atoms with van der Waals surface area (Å²) in [6, 6.07) is 0. The number of carbonyl (C=O) groups is 1. The molecule has 1 saturated heterocycles. The largest absolute Gasteiger partial charge is 0.481 e. The maximum Gasteiger partial charge on any atom is 0.303 e. The molecule has 2 atom stereocenters. The normalized spacial score (nSPS) is 19.3. The van der Waals surface area contributed by atoms with Gasteiger partial charge >= 0.3 is 5.97 Å². The van der Waals surface area contributed by atoms with Gasteiger partial charge in [0, 0.05) is 19.6 Å². The summed E-state index contributed by atoms with van der Waals surface area (Å²) in [6.07, 6.45) is 15.7. The van der Waals surface area contributed by atoms with Crippen molar-refractivity contribution in [1.82, 2.24) is 0 Å². The first-order valence-electron chi connectivity index (χ1n) is 10.2. The van der Waals surface area contributed by atoms with Crippen molar-refractivity contribution >= 4 is 5.97 Å². The van der Waals surface area contributed by atoms with Gasteiger partial charge in [-0.05, 0) is 38.0 Å². The second-order valence-electron chi connectivity index (χ2n) is 7.16. The molecule has 2 unspecified atom stereocenters.